The molecule has 1 fully saturated rings. The molecule has 0 bridgehead atoms. The average Bonchev–Trinajstić information content (AvgIpc) is 2.75. The van der Waals surface area contributed by atoms with Gasteiger partial charge in [-0.05, 0) is 42.9 Å². The van der Waals surface area contributed by atoms with Crippen LogP contribution in [0, 0.1) is 0 Å². The van der Waals surface area contributed by atoms with E-state index in [1.807, 2.05) is 6.07 Å². The van der Waals surface area contributed by atoms with Crippen LogP contribution >= 0.6 is 15.9 Å². The van der Waals surface area contributed by atoms with E-state index in [0.29, 0.717) is 12.0 Å². The van der Waals surface area contributed by atoms with Crippen molar-refractivity contribution in [2.75, 3.05) is 32.1 Å². The van der Waals surface area contributed by atoms with Crippen molar-refractivity contribution in [3.05, 3.63) is 16.5 Å². The van der Waals surface area contributed by atoms with Crippen LogP contribution in [0.25, 0.3) is 0 Å². The Bertz CT molecular complexity index is 433. The molecule has 0 spiro atoms. The molecule has 1 aliphatic rings. The molecule has 0 aromatic carbocycles. The number of rotatable bonds is 4. The summed E-state index contributed by atoms with van der Waals surface area (Å²) >= 11 is 3.51. The highest BCUT2D eigenvalue weighted by atomic mass is 79.9. The maximum Gasteiger partial charge on any atom is 0.134 e. The number of hydrogen-bond acceptors (Lipinski definition) is 4. The topological polar surface area (TPSA) is 32.3 Å². The minimum absolute atomic E-state index is 0.353. The van der Waals surface area contributed by atoms with E-state index in [2.05, 4.69) is 58.7 Å². The Balaban J connectivity index is 2.25. The van der Waals surface area contributed by atoms with E-state index in [-0.39, 0.29) is 0 Å². The van der Waals surface area contributed by atoms with Crippen LogP contribution in [-0.4, -0.2) is 48.1 Å². The zero-order valence-corrected chi connectivity index (χ0v) is 13.8. The lowest BCUT2D eigenvalue weighted by Gasteiger charge is -2.28. The van der Waals surface area contributed by atoms with Crippen LogP contribution in [0.5, 0.6) is 0 Å². The van der Waals surface area contributed by atoms with E-state index in [1.165, 1.54) is 12.8 Å². The van der Waals surface area contributed by atoms with E-state index in [0.717, 1.165) is 29.3 Å². The van der Waals surface area contributed by atoms with Gasteiger partial charge in [-0.1, -0.05) is 13.8 Å². The van der Waals surface area contributed by atoms with Crippen LogP contribution in [-0.2, 0) is 0 Å². The maximum absolute atomic E-state index is 4.74. The molecule has 1 unspecified atom stereocenters. The fourth-order valence-electron chi connectivity index (χ4n) is 2.58. The molecule has 0 amide bonds. The smallest absolute Gasteiger partial charge is 0.134 e. The highest BCUT2D eigenvalue weighted by Gasteiger charge is 2.26. The Labute approximate surface area is 124 Å². The van der Waals surface area contributed by atoms with Gasteiger partial charge in [0.25, 0.3) is 0 Å². The monoisotopic (exact) mass is 326 g/mol. The minimum Gasteiger partial charge on any atom is -0.352 e. The van der Waals surface area contributed by atoms with Crippen LogP contribution in [0.2, 0.25) is 0 Å². The second kappa shape index (κ2) is 6.18. The lowest BCUT2D eigenvalue weighted by atomic mass is 10.2. The van der Waals surface area contributed by atoms with Crippen molar-refractivity contribution in [3.8, 4) is 0 Å². The summed E-state index contributed by atoms with van der Waals surface area (Å²) in [6.07, 6.45) is 2.49. The first-order valence-corrected chi connectivity index (χ1v) is 7.72. The Hall–Kier alpha value is -0.680. The summed E-state index contributed by atoms with van der Waals surface area (Å²) in [6, 6.07) is 2.61. The average molecular weight is 327 g/mol. The van der Waals surface area contributed by atoms with Gasteiger partial charge >= 0.3 is 0 Å². The predicted octanol–water partition coefficient (Wildman–Crippen LogP) is 2.89. The molecular weight excluding hydrogens is 304 g/mol. The molecule has 1 aromatic heterocycles. The molecule has 0 aliphatic carbocycles. The van der Waals surface area contributed by atoms with E-state index in [4.69, 9.17) is 4.98 Å². The first-order chi connectivity index (χ1) is 8.97. The summed E-state index contributed by atoms with van der Waals surface area (Å²) in [5.41, 5.74) is 0. The van der Waals surface area contributed by atoms with Gasteiger partial charge in [0.15, 0.2) is 0 Å². The third-order valence-corrected chi connectivity index (χ3v) is 3.87. The van der Waals surface area contributed by atoms with Gasteiger partial charge in [-0.15, -0.1) is 0 Å². The van der Waals surface area contributed by atoms with Crippen molar-refractivity contribution in [2.24, 2.45) is 0 Å². The third kappa shape index (κ3) is 3.66. The van der Waals surface area contributed by atoms with Crippen molar-refractivity contribution in [2.45, 2.75) is 38.6 Å². The van der Waals surface area contributed by atoms with E-state index < -0.39 is 0 Å². The lowest BCUT2D eigenvalue weighted by molar-refractivity contribution is 0.371. The Morgan fingerprint density at radius 3 is 2.79 bits per heavy atom. The van der Waals surface area contributed by atoms with Gasteiger partial charge in [-0.3, -0.25) is 0 Å². The van der Waals surface area contributed by atoms with Crippen LogP contribution < -0.4 is 4.90 Å². The molecule has 106 valence electrons. The number of anilines is 1. The van der Waals surface area contributed by atoms with Gasteiger partial charge < -0.3 is 9.80 Å². The fraction of sp³-hybridized carbons (Fsp3) is 0.714. The molecule has 4 nitrogen and oxygen atoms in total. The van der Waals surface area contributed by atoms with Crippen LogP contribution in [0.15, 0.2) is 10.7 Å². The number of halogens is 1. The van der Waals surface area contributed by atoms with E-state index in [1.54, 1.807) is 0 Å². The van der Waals surface area contributed by atoms with Crippen molar-refractivity contribution >= 4 is 21.7 Å². The molecule has 0 radical (unpaired) electrons. The number of nitrogens with zero attached hydrogens (tertiary/aromatic N) is 4. The molecule has 0 N–H and O–H groups in total. The first kappa shape index (κ1) is 14.7. The molecule has 1 atom stereocenters. The van der Waals surface area contributed by atoms with Crippen molar-refractivity contribution in [1.29, 1.82) is 0 Å². The van der Waals surface area contributed by atoms with E-state index >= 15 is 0 Å². The second-order valence-electron chi connectivity index (χ2n) is 5.81. The van der Waals surface area contributed by atoms with Crippen molar-refractivity contribution in [1.82, 2.24) is 14.9 Å². The van der Waals surface area contributed by atoms with Gasteiger partial charge in [-0.25, -0.2) is 9.97 Å². The van der Waals surface area contributed by atoms with Crippen LogP contribution in [0.1, 0.15) is 38.4 Å². The molecule has 1 aliphatic heterocycles. The molecule has 0 saturated carbocycles. The van der Waals surface area contributed by atoms with Crippen LogP contribution in [0.4, 0.5) is 5.82 Å². The number of aromatic nitrogens is 2. The highest BCUT2D eigenvalue weighted by molar-refractivity contribution is 9.10. The standard InChI is InChI=1S/C14H23BrN4/c1-10(2)14-16-12(15)8-13(17-14)19-7-5-6-11(19)9-18(3)4/h8,10-11H,5-7,9H2,1-4H3. The summed E-state index contributed by atoms with van der Waals surface area (Å²) in [6.45, 7) is 6.44. The summed E-state index contributed by atoms with van der Waals surface area (Å²) < 4.78 is 0.886. The largest absolute Gasteiger partial charge is 0.352 e. The van der Waals surface area contributed by atoms with Crippen LogP contribution in [0.3, 0.4) is 0 Å². The molecule has 1 saturated heterocycles. The lowest BCUT2D eigenvalue weighted by Crippen LogP contribution is -2.38. The quantitative estimate of drug-likeness (QED) is 0.796. The Morgan fingerprint density at radius 2 is 2.16 bits per heavy atom. The number of likely N-dealkylation sites (N-methyl/N-ethyl adjacent to an activating group) is 1. The van der Waals surface area contributed by atoms with E-state index in [9.17, 15) is 0 Å². The van der Waals surface area contributed by atoms with Gasteiger partial charge in [0, 0.05) is 31.1 Å². The third-order valence-electron chi connectivity index (χ3n) is 3.46. The highest BCUT2D eigenvalue weighted by Crippen LogP contribution is 2.27. The minimum atomic E-state index is 0.353. The molecule has 1 aromatic rings. The zero-order valence-electron chi connectivity index (χ0n) is 12.2. The predicted molar refractivity (Wildman–Crippen MR) is 82.7 cm³/mol. The van der Waals surface area contributed by atoms with Gasteiger partial charge in [0.2, 0.25) is 0 Å². The number of hydrogen-bond donors (Lipinski definition) is 0. The van der Waals surface area contributed by atoms with Gasteiger partial charge in [-0.2, -0.15) is 0 Å². The van der Waals surface area contributed by atoms with Crippen molar-refractivity contribution < 1.29 is 0 Å². The second-order valence-corrected chi connectivity index (χ2v) is 6.63. The fourth-order valence-corrected chi connectivity index (χ4v) is 2.96. The summed E-state index contributed by atoms with van der Waals surface area (Å²) in [7, 11) is 4.26. The van der Waals surface area contributed by atoms with Gasteiger partial charge in [0.1, 0.15) is 16.2 Å². The Morgan fingerprint density at radius 1 is 1.42 bits per heavy atom. The molecular formula is C14H23BrN4. The molecule has 2 rings (SSSR count). The van der Waals surface area contributed by atoms with Crippen molar-refractivity contribution in [3.63, 3.8) is 0 Å². The summed E-state index contributed by atoms with van der Waals surface area (Å²) in [4.78, 5) is 13.9. The Kier molecular flexibility index (Phi) is 4.79. The molecule has 19 heavy (non-hydrogen) atoms. The normalized spacial score (nSPS) is 19.7. The molecule has 2 heterocycles. The first-order valence-electron chi connectivity index (χ1n) is 6.93. The SMILES string of the molecule is CC(C)c1nc(Br)cc(N2CCCC2CN(C)C)n1. The zero-order chi connectivity index (χ0) is 14.0. The summed E-state index contributed by atoms with van der Waals surface area (Å²) in [5.74, 6) is 2.33. The molecule has 5 heteroatoms. The summed E-state index contributed by atoms with van der Waals surface area (Å²) in [5, 5.41) is 0. The maximum atomic E-state index is 4.74. The van der Waals surface area contributed by atoms with Gasteiger partial charge in [0.05, 0.1) is 0 Å².